The molecule has 0 heterocycles. The van der Waals surface area contributed by atoms with Crippen molar-refractivity contribution >= 4 is 0 Å². The summed E-state index contributed by atoms with van der Waals surface area (Å²) in [6, 6.07) is 7.54. The number of rotatable bonds is 6. The summed E-state index contributed by atoms with van der Waals surface area (Å²) in [7, 11) is 0. The van der Waals surface area contributed by atoms with E-state index in [4.69, 9.17) is 4.74 Å². The lowest BCUT2D eigenvalue weighted by molar-refractivity contribution is 0.147. The summed E-state index contributed by atoms with van der Waals surface area (Å²) in [6.45, 7) is 6.35. The van der Waals surface area contributed by atoms with Crippen LogP contribution in [0.3, 0.4) is 0 Å². The Kier molecular flexibility index (Phi) is 5.15. The Balaban J connectivity index is 2.36. The maximum absolute atomic E-state index is 9.32. The first-order chi connectivity index (χ1) is 7.24. The molecule has 0 saturated carbocycles. The molecule has 0 aromatic heterocycles. The molecule has 0 saturated heterocycles. The van der Waals surface area contributed by atoms with E-state index in [1.807, 2.05) is 19.1 Å². The third kappa shape index (κ3) is 4.32. The molecule has 0 aliphatic heterocycles. The zero-order valence-electron chi connectivity index (χ0n) is 9.36. The van der Waals surface area contributed by atoms with Crippen LogP contribution in [0.5, 0.6) is 5.75 Å². The van der Waals surface area contributed by atoms with Gasteiger partial charge in [-0.05, 0) is 31.5 Å². The summed E-state index contributed by atoms with van der Waals surface area (Å²) in [5, 5.41) is 12.6. The molecule has 1 rings (SSSR count). The maximum Gasteiger partial charge on any atom is 0.115 e. The number of benzene rings is 1. The van der Waals surface area contributed by atoms with Crippen LogP contribution in [-0.2, 0) is 4.74 Å². The number of phenolic OH excluding ortho intramolecular Hbond substituents is 1. The molecule has 1 aromatic carbocycles. The molecule has 15 heavy (non-hydrogen) atoms. The van der Waals surface area contributed by atoms with Crippen molar-refractivity contribution in [2.75, 3.05) is 19.8 Å². The van der Waals surface area contributed by atoms with Gasteiger partial charge in [0.15, 0.2) is 0 Å². The monoisotopic (exact) mass is 209 g/mol. The van der Waals surface area contributed by atoms with Gasteiger partial charge in [-0.25, -0.2) is 0 Å². The van der Waals surface area contributed by atoms with Crippen LogP contribution >= 0.6 is 0 Å². The van der Waals surface area contributed by atoms with Crippen molar-refractivity contribution in [3.63, 3.8) is 0 Å². The number of aromatic hydroxyl groups is 1. The van der Waals surface area contributed by atoms with E-state index in [0.29, 0.717) is 5.75 Å². The van der Waals surface area contributed by atoms with Crippen LogP contribution in [0.1, 0.15) is 25.5 Å². The molecule has 3 nitrogen and oxygen atoms in total. The van der Waals surface area contributed by atoms with Gasteiger partial charge in [0.2, 0.25) is 0 Å². The summed E-state index contributed by atoms with van der Waals surface area (Å²) >= 11 is 0. The molecule has 2 N–H and O–H groups in total. The molecular formula is C12H19NO2. The highest BCUT2D eigenvalue weighted by Crippen LogP contribution is 2.17. The smallest absolute Gasteiger partial charge is 0.115 e. The van der Waals surface area contributed by atoms with E-state index in [0.717, 1.165) is 25.3 Å². The van der Waals surface area contributed by atoms with Crippen molar-refractivity contribution in [3.8, 4) is 5.75 Å². The average molecular weight is 209 g/mol. The lowest BCUT2D eigenvalue weighted by atomic mass is 10.1. The van der Waals surface area contributed by atoms with E-state index in [1.165, 1.54) is 0 Å². The molecular weight excluding hydrogens is 190 g/mol. The number of hydrogen-bond acceptors (Lipinski definition) is 3. The van der Waals surface area contributed by atoms with Gasteiger partial charge in [-0.15, -0.1) is 0 Å². The molecule has 1 atom stereocenters. The topological polar surface area (TPSA) is 41.5 Å². The zero-order chi connectivity index (χ0) is 11.1. The lowest BCUT2D eigenvalue weighted by Gasteiger charge is -2.14. The maximum atomic E-state index is 9.32. The highest BCUT2D eigenvalue weighted by Gasteiger charge is 2.04. The van der Waals surface area contributed by atoms with E-state index in [2.05, 4.69) is 12.2 Å². The van der Waals surface area contributed by atoms with Gasteiger partial charge in [0.05, 0.1) is 6.61 Å². The second-order valence-corrected chi connectivity index (χ2v) is 3.47. The zero-order valence-corrected chi connectivity index (χ0v) is 9.36. The van der Waals surface area contributed by atoms with Crippen molar-refractivity contribution in [1.29, 1.82) is 0 Å². The van der Waals surface area contributed by atoms with Gasteiger partial charge in [0.25, 0.3) is 0 Å². The van der Waals surface area contributed by atoms with Crippen LogP contribution in [0.2, 0.25) is 0 Å². The highest BCUT2D eigenvalue weighted by atomic mass is 16.5. The molecule has 0 bridgehead atoms. The fourth-order valence-corrected chi connectivity index (χ4v) is 1.40. The first-order valence-corrected chi connectivity index (χ1v) is 5.34. The molecule has 0 aliphatic carbocycles. The lowest BCUT2D eigenvalue weighted by Crippen LogP contribution is -2.23. The van der Waals surface area contributed by atoms with Gasteiger partial charge in [-0.3, -0.25) is 0 Å². The summed E-state index contributed by atoms with van der Waals surface area (Å²) < 4.78 is 5.23. The molecule has 84 valence electrons. The first kappa shape index (κ1) is 12.0. The van der Waals surface area contributed by atoms with Crippen LogP contribution in [0.4, 0.5) is 0 Å². The Morgan fingerprint density at radius 3 is 2.93 bits per heavy atom. The fourth-order valence-electron chi connectivity index (χ4n) is 1.40. The Hall–Kier alpha value is -1.06. The van der Waals surface area contributed by atoms with Crippen LogP contribution in [0, 0.1) is 0 Å². The standard InChI is InChI=1S/C12H19NO2/c1-3-15-8-7-13-10(2)11-5-4-6-12(14)9-11/h4-6,9-10,13-14H,3,7-8H2,1-2H3. The first-order valence-electron chi connectivity index (χ1n) is 5.34. The van der Waals surface area contributed by atoms with Crippen LogP contribution in [-0.4, -0.2) is 24.9 Å². The minimum atomic E-state index is 0.234. The van der Waals surface area contributed by atoms with Crippen molar-refractivity contribution in [2.45, 2.75) is 19.9 Å². The summed E-state index contributed by atoms with van der Waals surface area (Å²) in [6.07, 6.45) is 0. The van der Waals surface area contributed by atoms with Crippen molar-refractivity contribution in [2.24, 2.45) is 0 Å². The van der Waals surface area contributed by atoms with Gasteiger partial charge >= 0.3 is 0 Å². The van der Waals surface area contributed by atoms with E-state index in [1.54, 1.807) is 12.1 Å². The second-order valence-electron chi connectivity index (χ2n) is 3.47. The Morgan fingerprint density at radius 1 is 1.47 bits per heavy atom. The van der Waals surface area contributed by atoms with Gasteiger partial charge in [-0.2, -0.15) is 0 Å². The minimum absolute atomic E-state index is 0.234. The second kappa shape index (κ2) is 6.43. The van der Waals surface area contributed by atoms with E-state index < -0.39 is 0 Å². The summed E-state index contributed by atoms with van der Waals surface area (Å²) in [5.41, 5.74) is 1.09. The van der Waals surface area contributed by atoms with Gasteiger partial charge < -0.3 is 15.2 Å². The third-order valence-corrected chi connectivity index (χ3v) is 2.27. The van der Waals surface area contributed by atoms with E-state index >= 15 is 0 Å². The molecule has 1 aromatic rings. The molecule has 0 amide bonds. The molecule has 0 fully saturated rings. The molecule has 1 unspecified atom stereocenters. The number of ether oxygens (including phenoxy) is 1. The number of nitrogens with one attached hydrogen (secondary N) is 1. The average Bonchev–Trinajstić information content (AvgIpc) is 2.24. The molecule has 0 spiro atoms. The predicted octanol–water partition coefficient (Wildman–Crippen LogP) is 2.08. The quantitative estimate of drug-likeness (QED) is 0.705. The van der Waals surface area contributed by atoms with Crippen LogP contribution < -0.4 is 5.32 Å². The van der Waals surface area contributed by atoms with Gasteiger partial charge in [-0.1, -0.05) is 12.1 Å². The van der Waals surface area contributed by atoms with Crippen molar-refractivity contribution in [1.82, 2.24) is 5.32 Å². The normalized spacial score (nSPS) is 12.7. The van der Waals surface area contributed by atoms with Gasteiger partial charge in [0, 0.05) is 19.2 Å². The SMILES string of the molecule is CCOCCNC(C)c1cccc(O)c1. The number of phenols is 1. The van der Waals surface area contributed by atoms with Crippen LogP contribution in [0.15, 0.2) is 24.3 Å². The molecule has 0 radical (unpaired) electrons. The Bertz CT molecular complexity index is 289. The summed E-state index contributed by atoms with van der Waals surface area (Å²) in [5.74, 6) is 0.311. The van der Waals surface area contributed by atoms with Gasteiger partial charge in [0.1, 0.15) is 5.75 Å². The predicted molar refractivity (Wildman–Crippen MR) is 61.0 cm³/mol. The van der Waals surface area contributed by atoms with Crippen molar-refractivity contribution < 1.29 is 9.84 Å². The Labute approximate surface area is 91.1 Å². The van der Waals surface area contributed by atoms with Crippen molar-refractivity contribution in [3.05, 3.63) is 29.8 Å². The third-order valence-electron chi connectivity index (χ3n) is 2.27. The highest BCUT2D eigenvalue weighted by molar-refractivity contribution is 5.28. The Morgan fingerprint density at radius 2 is 2.27 bits per heavy atom. The molecule has 0 aliphatic rings. The van der Waals surface area contributed by atoms with E-state index in [-0.39, 0.29) is 6.04 Å². The van der Waals surface area contributed by atoms with Crippen LogP contribution in [0.25, 0.3) is 0 Å². The minimum Gasteiger partial charge on any atom is -0.508 e. The van der Waals surface area contributed by atoms with E-state index in [9.17, 15) is 5.11 Å². The summed E-state index contributed by atoms with van der Waals surface area (Å²) in [4.78, 5) is 0. The number of hydrogen-bond donors (Lipinski definition) is 2. The largest absolute Gasteiger partial charge is 0.508 e. The molecule has 3 heteroatoms. The fraction of sp³-hybridized carbons (Fsp3) is 0.500.